The second-order valence-electron chi connectivity index (χ2n) is 3.71. The van der Waals surface area contributed by atoms with Gasteiger partial charge < -0.3 is 14.5 Å². The van der Waals surface area contributed by atoms with Crippen LogP contribution in [0.15, 0.2) is 0 Å². The summed E-state index contributed by atoms with van der Waals surface area (Å²) < 4.78 is 19.0. The van der Waals surface area contributed by atoms with Gasteiger partial charge in [-0.3, -0.25) is 9.32 Å². The molecule has 0 saturated carbocycles. The van der Waals surface area contributed by atoms with Gasteiger partial charge in [0.25, 0.3) is 0 Å². The number of rotatable bonds is 4. The summed E-state index contributed by atoms with van der Waals surface area (Å²) in [4.78, 5) is 27.7. The zero-order valence-electron chi connectivity index (χ0n) is 8.39. The molecule has 14 heavy (non-hydrogen) atoms. The van der Waals surface area contributed by atoms with Crippen molar-refractivity contribution in [2.75, 3.05) is 13.2 Å². The van der Waals surface area contributed by atoms with E-state index in [1.807, 2.05) is 0 Å². The third-order valence-electron chi connectivity index (χ3n) is 1.19. The normalized spacial score (nSPS) is 12.6. The lowest BCUT2D eigenvalue weighted by atomic mass is 9.97. The van der Waals surface area contributed by atoms with Crippen molar-refractivity contribution in [2.45, 2.75) is 20.8 Å². The molecule has 0 bridgehead atoms. The molecular weight excluding hydrogens is 211 g/mol. The zero-order valence-corrected chi connectivity index (χ0v) is 9.28. The summed E-state index contributed by atoms with van der Waals surface area (Å²) in [5.74, 6) is -0.438. The molecule has 0 spiro atoms. The minimum Gasteiger partial charge on any atom is -0.463 e. The van der Waals surface area contributed by atoms with Crippen molar-refractivity contribution in [3.8, 4) is 0 Å². The topological polar surface area (TPSA) is 93.1 Å². The van der Waals surface area contributed by atoms with E-state index in [1.54, 1.807) is 20.8 Å². The Hall–Kier alpha value is -0.420. The van der Waals surface area contributed by atoms with Crippen LogP contribution in [0, 0.1) is 5.41 Å². The number of phosphoric acid groups is 1. The molecule has 0 amide bonds. The molecular formula is C7H15O6P. The van der Waals surface area contributed by atoms with Gasteiger partial charge in [0, 0.05) is 0 Å². The van der Waals surface area contributed by atoms with Gasteiger partial charge in [-0.15, -0.1) is 0 Å². The monoisotopic (exact) mass is 226 g/mol. The number of carbonyl (C=O) groups excluding carboxylic acids is 1. The third-order valence-corrected chi connectivity index (χ3v) is 1.71. The van der Waals surface area contributed by atoms with E-state index in [2.05, 4.69) is 4.52 Å². The Morgan fingerprint density at radius 2 is 1.79 bits per heavy atom. The van der Waals surface area contributed by atoms with E-state index in [0.717, 1.165) is 0 Å². The largest absolute Gasteiger partial charge is 0.469 e. The second kappa shape index (κ2) is 4.89. The van der Waals surface area contributed by atoms with E-state index in [1.165, 1.54) is 0 Å². The molecule has 0 saturated heterocycles. The van der Waals surface area contributed by atoms with Crippen LogP contribution in [0.1, 0.15) is 20.8 Å². The van der Waals surface area contributed by atoms with E-state index < -0.39 is 19.2 Å². The molecule has 7 heteroatoms. The van der Waals surface area contributed by atoms with Crippen LogP contribution in [0.5, 0.6) is 0 Å². The molecule has 0 fully saturated rings. The Labute approximate surface area is 82.5 Å². The molecule has 0 aliphatic rings. The van der Waals surface area contributed by atoms with Crippen molar-refractivity contribution >= 4 is 13.8 Å². The lowest BCUT2D eigenvalue weighted by Gasteiger charge is -2.16. The van der Waals surface area contributed by atoms with Gasteiger partial charge in [-0.2, -0.15) is 0 Å². The van der Waals surface area contributed by atoms with E-state index in [0.29, 0.717) is 0 Å². The van der Waals surface area contributed by atoms with E-state index in [4.69, 9.17) is 14.5 Å². The van der Waals surface area contributed by atoms with Gasteiger partial charge in [-0.25, -0.2) is 4.57 Å². The average Bonchev–Trinajstić information content (AvgIpc) is 1.93. The molecule has 0 atom stereocenters. The fourth-order valence-corrected chi connectivity index (χ4v) is 0.819. The summed E-state index contributed by atoms with van der Waals surface area (Å²) in [6.45, 7) is 4.56. The maximum Gasteiger partial charge on any atom is 0.469 e. The number of carbonyl (C=O) groups is 1. The lowest BCUT2D eigenvalue weighted by molar-refractivity contribution is -0.153. The summed E-state index contributed by atoms with van der Waals surface area (Å²) in [6, 6.07) is 0. The number of phosphoric ester groups is 1. The molecule has 0 aromatic carbocycles. The maximum absolute atomic E-state index is 11.1. The van der Waals surface area contributed by atoms with Gasteiger partial charge in [-0.1, -0.05) is 0 Å². The van der Waals surface area contributed by atoms with Crippen LogP contribution < -0.4 is 0 Å². The highest BCUT2D eigenvalue weighted by Gasteiger charge is 2.23. The van der Waals surface area contributed by atoms with Crippen molar-refractivity contribution in [1.29, 1.82) is 0 Å². The minimum absolute atomic E-state index is 0.165. The van der Waals surface area contributed by atoms with Crippen molar-refractivity contribution in [2.24, 2.45) is 5.41 Å². The Balaban J connectivity index is 3.67. The molecule has 0 aliphatic heterocycles. The molecule has 2 N–H and O–H groups in total. The van der Waals surface area contributed by atoms with Gasteiger partial charge in [0.05, 0.1) is 12.0 Å². The van der Waals surface area contributed by atoms with Crippen molar-refractivity contribution < 1.29 is 28.4 Å². The smallest absolute Gasteiger partial charge is 0.463 e. The van der Waals surface area contributed by atoms with Crippen LogP contribution in [-0.2, 0) is 18.6 Å². The highest BCUT2D eigenvalue weighted by atomic mass is 31.2. The molecule has 0 unspecified atom stereocenters. The summed E-state index contributed by atoms with van der Waals surface area (Å²) >= 11 is 0. The molecule has 0 radical (unpaired) electrons. The van der Waals surface area contributed by atoms with Crippen molar-refractivity contribution in [3.05, 3.63) is 0 Å². The predicted molar refractivity (Wildman–Crippen MR) is 48.4 cm³/mol. The highest BCUT2D eigenvalue weighted by Crippen LogP contribution is 2.35. The molecule has 0 rings (SSSR count). The van der Waals surface area contributed by atoms with Crippen LogP contribution in [0.2, 0.25) is 0 Å². The number of hydrogen-bond acceptors (Lipinski definition) is 4. The Morgan fingerprint density at radius 3 is 2.14 bits per heavy atom. The quantitative estimate of drug-likeness (QED) is 0.416. The zero-order chi connectivity index (χ0) is 11.4. The summed E-state index contributed by atoms with van der Waals surface area (Å²) in [5, 5.41) is 0. The van der Waals surface area contributed by atoms with E-state index >= 15 is 0 Å². The standard InChI is InChI=1S/C7H15O6P/c1-7(2,3)6(8)12-4-5-13-14(9,10)11/h4-5H2,1-3H3,(H2,9,10,11). The molecule has 0 aromatic rings. The van der Waals surface area contributed by atoms with Gasteiger partial charge in [0.15, 0.2) is 0 Å². The number of esters is 1. The highest BCUT2D eigenvalue weighted by molar-refractivity contribution is 7.46. The third kappa shape index (κ3) is 7.03. The van der Waals surface area contributed by atoms with Gasteiger partial charge >= 0.3 is 13.8 Å². The molecule has 0 heterocycles. The Bertz CT molecular complexity index is 237. The first-order chi connectivity index (χ1) is 6.13. The van der Waals surface area contributed by atoms with E-state index in [-0.39, 0.29) is 13.2 Å². The van der Waals surface area contributed by atoms with Crippen molar-refractivity contribution in [1.82, 2.24) is 0 Å². The SMILES string of the molecule is CC(C)(C)C(=O)OCCOP(=O)(O)O. The van der Waals surface area contributed by atoms with Crippen molar-refractivity contribution in [3.63, 3.8) is 0 Å². The summed E-state index contributed by atoms with van der Waals surface area (Å²) in [5.41, 5.74) is -0.623. The number of hydrogen-bond donors (Lipinski definition) is 2. The predicted octanol–water partition coefficient (Wildman–Crippen LogP) is 0.685. The molecule has 84 valence electrons. The Morgan fingerprint density at radius 1 is 1.29 bits per heavy atom. The van der Waals surface area contributed by atoms with Crippen LogP contribution in [0.3, 0.4) is 0 Å². The fourth-order valence-electron chi connectivity index (χ4n) is 0.507. The second-order valence-corrected chi connectivity index (χ2v) is 4.95. The minimum atomic E-state index is -4.46. The van der Waals surface area contributed by atoms with Crippen LogP contribution in [0.4, 0.5) is 0 Å². The molecule has 6 nitrogen and oxygen atoms in total. The average molecular weight is 226 g/mol. The van der Waals surface area contributed by atoms with Crippen LogP contribution in [0.25, 0.3) is 0 Å². The Kier molecular flexibility index (Phi) is 4.74. The summed E-state index contributed by atoms with van der Waals surface area (Å²) in [6.07, 6.45) is 0. The van der Waals surface area contributed by atoms with E-state index in [9.17, 15) is 9.36 Å². The first-order valence-electron chi connectivity index (χ1n) is 4.00. The summed E-state index contributed by atoms with van der Waals surface area (Å²) in [7, 11) is -4.46. The van der Waals surface area contributed by atoms with Crippen LogP contribution >= 0.6 is 7.82 Å². The molecule has 0 aliphatic carbocycles. The number of ether oxygens (including phenoxy) is 1. The van der Waals surface area contributed by atoms with Gasteiger partial charge in [-0.05, 0) is 20.8 Å². The lowest BCUT2D eigenvalue weighted by Crippen LogP contribution is -2.24. The first-order valence-corrected chi connectivity index (χ1v) is 5.53. The van der Waals surface area contributed by atoms with Crippen LogP contribution in [-0.4, -0.2) is 29.0 Å². The van der Waals surface area contributed by atoms with Gasteiger partial charge in [0.2, 0.25) is 0 Å². The maximum atomic E-state index is 11.1. The van der Waals surface area contributed by atoms with Gasteiger partial charge in [0.1, 0.15) is 6.61 Å². The first kappa shape index (κ1) is 13.6. The fraction of sp³-hybridized carbons (Fsp3) is 0.857. The molecule has 0 aromatic heterocycles.